The van der Waals surface area contributed by atoms with Crippen molar-refractivity contribution in [3.05, 3.63) is 39.4 Å². The first-order valence-electron chi connectivity index (χ1n) is 3.45. The number of nitro groups is 1. The average Bonchev–Trinajstić information content (AvgIpc) is 2.05. The maximum Gasteiger partial charge on any atom is 0.269 e. The van der Waals surface area contributed by atoms with E-state index in [0.29, 0.717) is 5.56 Å². The lowest BCUT2D eigenvalue weighted by Crippen LogP contribution is -1.91. The third-order valence-electron chi connectivity index (χ3n) is 1.69. The van der Waals surface area contributed by atoms with Crippen molar-refractivity contribution >= 4 is 5.69 Å². The molecular weight excluding hydrogens is 161 g/mol. The van der Waals surface area contributed by atoms with Gasteiger partial charge in [0.1, 0.15) is 6.67 Å². The van der Waals surface area contributed by atoms with E-state index >= 15 is 0 Å². The highest BCUT2D eigenvalue weighted by molar-refractivity contribution is 5.38. The molecule has 0 saturated heterocycles. The van der Waals surface area contributed by atoms with Gasteiger partial charge in [-0.3, -0.25) is 10.1 Å². The summed E-state index contributed by atoms with van der Waals surface area (Å²) in [4.78, 5) is 9.73. The summed E-state index contributed by atoms with van der Waals surface area (Å²) >= 11 is 0. The second kappa shape index (κ2) is 3.30. The predicted molar refractivity (Wildman–Crippen MR) is 42.6 cm³/mol. The Kier molecular flexibility index (Phi) is 2.38. The zero-order valence-corrected chi connectivity index (χ0v) is 6.58. The van der Waals surface area contributed by atoms with Crippen LogP contribution in [0.25, 0.3) is 0 Å². The first kappa shape index (κ1) is 8.64. The van der Waals surface area contributed by atoms with Crippen LogP contribution in [0.2, 0.25) is 0 Å². The molecule has 1 aromatic rings. The number of alkyl halides is 1. The number of benzene rings is 1. The molecule has 1 aromatic carbocycles. The van der Waals surface area contributed by atoms with Gasteiger partial charge in [-0.25, -0.2) is 4.39 Å². The van der Waals surface area contributed by atoms with E-state index in [2.05, 4.69) is 0 Å². The van der Waals surface area contributed by atoms with Gasteiger partial charge < -0.3 is 0 Å². The van der Waals surface area contributed by atoms with Gasteiger partial charge in [0.25, 0.3) is 5.69 Å². The first-order valence-corrected chi connectivity index (χ1v) is 3.45. The Morgan fingerprint density at radius 3 is 2.75 bits per heavy atom. The van der Waals surface area contributed by atoms with Crippen LogP contribution in [0.15, 0.2) is 18.2 Å². The van der Waals surface area contributed by atoms with E-state index in [1.807, 2.05) is 0 Å². The summed E-state index contributed by atoms with van der Waals surface area (Å²) in [5.74, 6) is 0. The molecule has 0 aliphatic rings. The monoisotopic (exact) mass is 169 g/mol. The van der Waals surface area contributed by atoms with Gasteiger partial charge in [0, 0.05) is 12.1 Å². The quantitative estimate of drug-likeness (QED) is 0.503. The van der Waals surface area contributed by atoms with Gasteiger partial charge in [-0.15, -0.1) is 0 Å². The van der Waals surface area contributed by atoms with E-state index in [0.717, 1.165) is 5.56 Å². The van der Waals surface area contributed by atoms with Crippen LogP contribution in [-0.2, 0) is 6.67 Å². The summed E-state index contributed by atoms with van der Waals surface area (Å²) in [6, 6.07) is 4.18. The maximum absolute atomic E-state index is 12.2. The van der Waals surface area contributed by atoms with E-state index in [-0.39, 0.29) is 5.69 Å². The summed E-state index contributed by atoms with van der Waals surface area (Å²) in [6.45, 7) is 1.06. The van der Waals surface area contributed by atoms with Crippen molar-refractivity contribution in [3.8, 4) is 0 Å². The summed E-state index contributed by atoms with van der Waals surface area (Å²) in [7, 11) is 0. The fraction of sp³-hybridized carbons (Fsp3) is 0.250. The molecule has 0 bridgehead atoms. The van der Waals surface area contributed by atoms with E-state index < -0.39 is 11.6 Å². The third-order valence-corrected chi connectivity index (χ3v) is 1.69. The summed E-state index contributed by atoms with van der Waals surface area (Å²) in [5, 5.41) is 10.3. The molecule has 0 aliphatic heterocycles. The van der Waals surface area contributed by atoms with E-state index in [9.17, 15) is 14.5 Å². The lowest BCUT2D eigenvalue weighted by atomic mass is 10.1. The van der Waals surface area contributed by atoms with E-state index in [1.165, 1.54) is 12.1 Å². The average molecular weight is 169 g/mol. The molecule has 0 aliphatic carbocycles. The third kappa shape index (κ3) is 1.58. The van der Waals surface area contributed by atoms with Gasteiger partial charge in [0.05, 0.1) is 4.92 Å². The molecule has 0 amide bonds. The Morgan fingerprint density at radius 2 is 2.25 bits per heavy atom. The number of nitrogens with zero attached hydrogens (tertiary/aromatic N) is 1. The lowest BCUT2D eigenvalue weighted by Gasteiger charge is -1.99. The molecule has 0 saturated carbocycles. The topological polar surface area (TPSA) is 43.1 Å². The van der Waals surface area contributed by atoms with Gasteiger partial charge in [0.2, 0.25) is 0 Å². The van der Waals surface area contributed by atoms with Crippen molar-refractivity contribution in [3.63, 3.8) is 0 Å². The van der Waals surface area contributed by atoms with Crippen LogP contribution in [0.5, 0.6) is 0 Å². The molecule has 0 fully saturated rings. The largest absolute Gasteiger partial charge is 0.269 e. The molecule has 12 heavy (non-hydrogen) atoms. The second-order valence-electron chi connectivity index (χ2n) is 2.50. The number of halogens is 1. The van der Waals surface area contributed by atoms with Crippen LogP contribution in [0.4, 0.5) is 10.1 Å². The summed E-state index contributed by atoms with van der Waals surface area (Å²) < 4.78 is 12.2. The molecule has 0 heterocycles. The van der Waals surface area contributed by atoms with E-state index in [1.54, 1.807) is 13.0 Å². The van der Waals surface area contributed by atoms with Gasteiger partial charge in [0.15, 0.2) is 0 Å². The summed E-state index contributed by atoms with van der Waals surface area (Å²) in [5.41, 5.74) is 1.06. The number of hydrogen-bond donors (Lipinski definition) is 0. The molecular formula is C8H8FNO2. The molecule has 0 radical (unpaired) electrons. The van der Waals surface area contributed by atoms with Gasteiger partial charge >= 0.3 is 0 Å². The van der Waals surface area contributed by atoms with Crippen LogP contribution >= 0.6 is 0 Å². The second-order valence-corrected chi connectivity index (χ2v) is 2.50. The zero-order valence-electron chi connectivity index (χ0n) is 6.58. The molecule has 0 N–H and O–H groups in total. The first-order chi connectivity index (χ1) is 5.65. The van der Waals surface area contributed by atoms with Crippen molar-refractivity contribution in [2.75, 3.05) is 0 Å². The fourth-order valence-electron chi connectivity index (χ4n) is 0.915. The highest BCUT2D eigenvalue weighted by Gasteiger charge is 2.07. The van der Waals surface area contributed by atoms with Gasteiger partial charge in [-0.1, -0.05) is 6.07 Å². The SMILES string of the molecule is Cc1ccc([N+](=O)[O-])cc1CF. The number of hydrogen-bond acceptors (Lipinski definition) is 2. The smallest absolute Gasteiger partial charge is 0.258 e. The van der Waals surface area contributed by atoms with Crippen molar-refractivity contribution in [2.24, 2.45) is 0 Å². The predicted octanol–water partition coefficient (Wildman–Crippen LogP) is 2.37. The molecule has 0 unspecified atom stereocenters. The number of rotatable bonds is 2. The van der Waals surface area contributed by atoms with Crippen molar-refractivity contribution in [1.29, 1.82) is 0 Å². The minimum atomic E-state index is -0.659. The van der Waals surface area contributed by atoms with Crippen LogP contribution < -0.4 is 0 Å². The molecule has 4 heteroatoms. The Morgan fingerprint density at radius 1 is 1.58 bits per heavy atom. The normalized spacial score (nSPS) is 9.83. The van der Waals surface area contributed by atoms with Crippen molar-refractivity contribution in [2.45, 2.75) is 13.6 Å². The van der Waals surface area contributed by atoms with E-state index in [4.69, 9.17) is 0 Å². The standard InChI is InChI=1S/C8H8FNO2/c1-6-2-3-8(10(11)12)4-7(6)5-9/h2-4H,5H2,1H3. The minimum absolute atomic E-state index is 0.0618. The number of non-ortho nitro benzene ring substituents is 1. The minimum Gasteiger partial charge on any atom is -0.258 e. The Balaban J connectivity index is 3.13. The Bertz CT molecular complexity index is 312. The maximum atomic E-state index is 12.2. The van der Waals surface area contributed by atoms with Crippen molar-refractivity contribution in [1.82, 2.24) is 0 Å². The molecule has 3 nitrogen and oxygen atoms in total. The molecule has 0 aromatic heterocycles. The van der Waals surface area contributed by atoms with Crippen LogP contribution in [-0.4, -0.2) is 4.92 Å². The fourth-order valence-corrected chi connectivity index (χ4v) is 0.915. The molecule has 0 atom stereocenters. The van der Waals surface area contributed by atoms with Crippen LogP contribution in [0, 0.1) is 17.0 Å². The molecule has 1 rings (SSSR count). The highest BCUT2D eigenvalue weighted by Crippen LogP contribution is 2.17. The van der Waals surface area contributed by atoms with Gasteiger partial charge in [-0.2, -0.15) is 0 Å². The molecule has 64 valence electrons. The Labute approximate surface area is 69.0 Å². The molecule has 0 spiro atoms. The number of aryl methyl sites for hydroxylation is 1. The van der Waals surface area contributed by atoms with Crippen molar-refractivity contribution < 1.29 is 9.31 Å². The highest BCUT2D eigenvalue weighted by atomic mass is 19.1. The summed E-state index contributed by atoms with van der Waals surface area (Å²) in [6.07, 6.45) is 0. The number of nitro benzene ring substituents is 1. The van der Waals surface area contributed by atoms with Crippen LogP contribution in [0.1, 0.15) is 11.1 Å². The zero-order chi connectivity index (χ0) is 9.14. The van der Waals surface area contributed by atoms with Gasteiger partial charge in [-0.05, 0) is 18.1 Å². The lowest BCUT2D eigenvalue weighted by molar-refractivity contribution is -0.384. The Hall–Kier alpha value is -1.45. The van der Waals surface area contributed by atoms with Crippen LogP contribution in [0.3, 0.4) is 0 Å².